The summed E-state index contributed by atoms with van der Waals surface area (Å²) in [6, 6.07) is 13.2. The number of carbonyl (C=O) groups is 1. The fraction of sp³-hybridized carbons (Fsp3) is 0.423. The van der Waals surface area contributed by atoms with Crippen molar-refractivity contribution in [3.05, 3.63) is 64.3 Å². The van der Waals surface area contributed by atoms with Gasteiger partial charge in [0.15, 0.2) is 0 Å². The number of aryl methyl sites for hydroxylation is 1. The lowest BCUT2D eigenvalue weighted by Gasteiger charge is -2.44. The lowest BCUT2D eigenvalue weighted by Crippen LogP contribution is -2.99. The molecule has 6 rings (SSSR count). The number of hydrogen-bond acceptors (Lipinski definition) is 1. The van der Waals surface area contributed by atoms with Crippen molar-refractivity contribution in [2.75, 3.05) is 11.4 Å². The Morgan fingerprint density at radius 3 is 2.83 bits per heavy atom. The summed E-state index contributed by atoms with van der Waals surface area (Å²) in [5, 5.41) is 3.57. The number of para-hydroxylation sites is 1. The van der Waals surface area contributed by atoms with E-state index in [-0.39, 0.29) is 11.4 Å². The van der Waals surface area contributed by atoms with E-state index in [4.69, 9.17) is 0 Å². The molecule has 3 aliphatic heterocycles. The maximum Gasteiger partial charge on any atom is 0.300 e. The Bertz CT molecular complexity index is 1220. The Hall–Kier alpha value is -2.59. The minimum absolute atomic E-state index is 0.188. The summed E-state index contributed by atoms with van der Waals surface area (Å²) in [6.07, 6.45) is 2.97. The molecule has 1 aromatic heterocycles. The van der Waals surface area contributed by atoms with Crippen molar-refractivity contribution < 1.29 is 10.1 Å². The van der Waals surface area contributed by atoms with Crippen LogP contribution in [-0.2, 0) is 23.2 Å². The Labute approximate surface area is 177 Å². The minimum atomic E-state index is -0.691. The maximum atomic E-state index is 14.4. The van der Waals surface area contributed by atoms with Gasteiger partial charge in [-0.15, -0.1) is 0 Å². The molecule has 0 saturated carbocycles. The zero-order valence-corrected chi connectivity index (χ0v) is 18.3. The van der Waals surface area contributed by atoms with Crippen LogP contribution in [0.25, 0.3) is 10.9 Å². The van der Waals surface area contributed by atoms with E-state index in [2.05, 4.69) is 79.3 Å². The number of aromatic amines is 1. The molecule has 0 bridgehead atoms. The number of fused-ring (bicyclic) bond motifs is 5. The Balaban J connectivity index is 1.73. The third kappa shape index (κ3) is 2.03. The van der Waals surface area contributed by atoms with Crippen molar-refractivity contribution in [2.45, 2.75) is 64.0 Å². The highest BCUT2D eigenvalue weighted by Gasteiger charge is 2.63. The number of hydrogen-bond donors (Lipinski definition) is 2. The van der Waals surface area contributed by atoms with Gasteiger partial charge in [-0.25, -0.2) is 0 Å². The molecule has 1 spiro atoms. The molecule has 3 aromatic rings. The van der Waals surface area contributed by atoms with Crippen LogP contribution in [0.1, 0.15) is 68.0 Å². The molecule has 154 valence electrons. The maximum absolute atomic E-state index is 14.4. The van der Waals surface area contributed by atoms with E-state index in [1.807, 2.05) is 0 Å². The molecule has 4 heteroatoms. The van der Waals surface area contributed by atoms with Crippen LogP contribution in [0.2, 0.25) is 0 Å². The standard InChI is InChI=1S/C26H29N3O/c1-5-16-12-19-15(2)14-25(3,4)29-22(19)20(13-16)26(24(29)30)23-18(10-11-27-26)17-8-6-7-9-21(17)28-23/h6-9,12-13,15,27-28H,5,10-11,14H2,1-4H3/p+1/t15-,26-/m1/s1. The van der Waals surface area contributed by atoms with Gasteiger partial charge in [0, 0.05) is 22.9 Å². The van der Waals surface area contributed by atoms with E-state index < -0.39 is 5.54 Å². The van der Waals surface area contributed by atoms with Gasteiger partial charge in [0.1, 0.15) is 0 Å². The molecular weight excluding hydrogens is 370 g/mol. The lowest BCUT2D eigenvalue weighted by atomic mass is 9.78. The van der Waals surface area contributed by atoms with Crippen molar-refractivity contribution in [3.8, 4) is 0 Å². The molecule has 0 aliphatic carbocycles. The van der Waals surface area contributed by atoms with Gasteiger partial charge in [0.25, 0.3) is 5.91 Å². The normalized spacial score (nSPS) is 26.3. The number of quaternary nitrogens is 1. The Morgan fingerprint density at radius 1 is 1.23 bits per heavy atom. The van der Waals surface area contributed by atoms with E-state index >= 15 is 0 Å². The molecule has 30 heavy (non-hydrogen) atoms. The molecule has 2 aromatic carbocycles. The van der Waals surface area contributed by atoms with Crippen LogP contribution in [0, 0.1) is 0 Å². The molecule has 0 fully saturated rings. The number of H-pyrrole nitrogens is 1. The van der Waals surface area contributed by atoms with Crippen molar-refractivity contribution in [2.24, 2.45) is 0 Å². The first-order valence-corrected chi connectivity index (χ1v) is 11.3. The second-order valence-electron chi connectivity index (χ2n) is 10.1. The first-order chi connectivity index (χ1) is 14.4. The van der Waals surface area contributed by atoms with Gasteiger partial charge in [-0.2, -0.15) is 0 Å². The summed E-state index contributed by atoms with van der Waals surface area (Å²) in [5.41, 5.74) is 7.76. The molecule has 3 N–H and O–H groups in total. The smallest absolute Gasteiger partial charge is 0.300 e. The van der Waals surface area contributed by atoms with Gasteiger partial charge in [0.2, 0.25) is 5.54 Å². The molecule has 2 atom stereocenters. The number of amides is 1. The summed E-state index contributed by atoms with van der Waals surface area (Å²) in [4.78, 5) is 20.2. The van der Waals surface area contributed by atoms with E-state index in [9.17, 15) is 4.79 Å². The fourth-order valence-electron chi connectivity index (χ4n) is 6.54. The molecule has 0 radical (unpaired) electrons. The van der Waals surface area contributed by atoms with Gasteiger partial charge in [-0.05, 0) is 61.4 Å². The van der Waals surface area contributed by atoms with Crippen LogP contribution >= 0.6 is 0 Å². The van der Waals surface area contributed by atoms with Crippen LogP contribution in [-0.4, -0.2) is 23.0 Å². The van der Waals surface area contributed by atoms with Crippen LogP contribution in [0.5, 0.6) is 0 Å². The monoisotopic (exact) mass is 400 g/mol. The number of nitrogens with two attached hydrogens (primary N) is 1. The van der Waals surface area contributed by atoms with Crippen molar-refractivity contribution in [1.82, 2.24) is 4.98 Å². The molecule has 4 heterocycles. The number of nitrogens with one attached hydrogen (secondary N) is 1. The van der Waals surface area contributed by atoms with Crippen molar-refractivity contribution >= 4 is 22.5 Å². The third-order valence-corrected chi connectivity index (χ3v) is 7.79. The topological polar surface area (TPSA) is 52.7 Å². The van der Waals surface area contributed by atoms with Gasteiger partial charge < -0.3 is 10.3 Å². The van der Waals surface area contributed by atoms with Crippen molar-refractivity contribution in [3.63, 3.8) is 0 Å². The van der Waals surface area contributed by atoms with Gasteiger partial charge in [0.05, 0.1) is 23.5 Å². The predicted molar refractivity (Wildman–Crippen MR) is 120 cm³/mol. The number of carbonyl (C=O) groups excluding carboxylic acids is 1. The van der Waals surface area contributed by atoms with E-state index in [0.29, 0.717) is 5.92 Å². The summed E-state index contributed by atoms with van der Waals surface area (Å²) in [6.45, 7) is 9.93. The van der Waals surface area contributed by atoms with E-state index in [1.54, 1.807) is 0 Å². The van der Waals surface area contributed by atoms with Gasteiger partial charge >= 0.3 is 0 Å². The zero-order valence-electron chi connectivity index (χ0n) is 18.3. The van der Waals surface area contributed by atoms with Gasteiger partial charge in [-0.1, -0.05) is 38.1 Å². The molecular formula is C26H30N3O+. The van der Waals surface area contributed by atoms with Crippen LogP contribution < -0.4 is 10.2 Å². The number of aromatic nitrogens is 1. The number of rotatable bonds is 1. The number of anilines is 1. The van der Waals surface area contributed by atoms with Crippen molar-refractivity contribution in [1.29, 1.82) is 0 Å². The molecule has 0 saturated heterocycles. The average Bonchev–Trinajstić information content (AvgIpc) is 3.22. The number of benzene rings is 2. The van der Waals surface area contributed by atoms with E-state index in [0.717, 1.165) is 37.0 Å². The van der Waals surface area contributed by atoms with E-state index in [1.165, 1.54) is 33.3 Å². The van der Waals surface area contributed by atoms with Crippen LogP contribution in [0.4, 0.5) is 5.69 Å². The summed E-state index contributed by atoms with van der Waals surface area (Å²) >= 11 is 0. The molecule has 4 nitrogen and oxygen atoms in total. The largest absolute Gasteiger partial charge is 0.352 e. The Morgan fingerprint density at radius 2 is 2.03 bits per heavy atom. The second kappa shape index (κ2) is 5.76. The van der Waals surface area contributed by atoms with Gasteiger partial charge in [-0.3, -0.25) is 9.69 Å². The molecule has 3 aliphatic rings. The van der Waals surface area contributed by atoms with Crippen LogP contribution in [0.15, 0.2) is 36.4 Å². The lowest BCUT2D eigenvalue weighted by molar-refractivity contribution is -0.714. The molecule has 1 amide bonds. The zero-order chi connectivity index (χ0) is 20.8. The minimum Gasteiger partial charge on any atom is -0.352 e. The highest BCUT2D eigenvalue weighted by Crippen LogP contribution is 2.55. The highest BCUT2D eigenvalue weighted by molar-refractivity contribution is 6.12. The van der Waals surface area contributed by atoms with Crippen LogP contribution in [0.3, 0.4) is 0 Å². The summed E-state index contributed by atoms with van der Waals surface area (Å²) in [5.74, 6) is 0.682. The second-order valence-corrected chi connectivity index (χ2v) is 10.1. The molecule has 0 unspecified atom stereocenters. The SMILES string of the molecule is CCc1cc2c3c(c1)[C@]1([NH2+]CCc4c1[nH]c1ccccc41)C(=O)N3C(C)(C)C[C@H]2C. The predicted octanol–water partition coefficient (Wildman–Crippen LogP) is 3.73. The Kier molecular flexibility index (Phi) is 3.49. The first-order valence-electron chi connectivity index (χ1n) is 11.3. The number of nitrogens with zero attached hydrogens (tertiary/aromatic N) is 1. The third-order valence-electron chi connectivity index (χ3n) is 7.79. The first kappa shape index (κ1) is 18.2. The highest BCUT2D eigenvalue weighted by atomic mass is 16.2. The summed E-state index contributed by atoms with van der Waals surface area (Å²) in [7, 11) is 0. The summed E-state index contributed by atoms with van der Waals surface area (Å²) < 4.78 is 0. The average molecular weight is 401 g/mol. The quantitative estimate of drug-likeness (QED) is 0.643. The fourth-order valence-corrected chi connectivity index (χ4v) is 6.54.